The normalized spacial score (nSPS) is 29.1. The van der Waals surface area contributed by atoms with Crippen molar-refractivity contribution in [2.75, 3.05) is 0 Å². The van der Waals surface area contributed by atoms with Gasteiger partial charge in [0, 0.05) is 10.8 Å². The van der Waals surface area contributed by atoms with Crippen LogP contribution < -0.4 is 0 Å². The molecule has 1 fully saturated rings. The molecule has 0 amide bonds. The number of ketones is 1. The van der Waals surface area contributed by atoms with E-state index in [2.05, 4.69) is 19.1 Å². The maximum atomic E-state index is 13.1. The van der Waals surface area contributed by atoms with Gasteiger partial charge in [0.05, 0.1) is 22.0 Å². The summed E-state index contributed by atoms with van der Waals surface area (Å²) in [7, 11) is -1.40. The molecular weight excluding hydrogens is 320 g/mol. The fourth-order valence-corrected chi connectivity index (χ4v) is 5.20. The van der Waals surface area contributed by atoms with Crippen molar-refractivity contribution in [2.24, 2.45) is 23.7 Å². The van der Waals surface area contributed by atoms with Crippen LogP contribution in [0.15, 0.2) is 63.0 Å². The van der Waals surface area contributed by atoms with Crippen LogP contribution in [-0.2, 0) is 10.8 Å². The third-order valence-electron chi connectivity index (χ3n) is 5.44. The lowest BCUT2D eigenvalue weighted by Gasteiger charge is -2.22. The summed E-state index contributed by atoms with van der Waals surface area (Å²) in [4.78, 5) is 14.2. The van der Waals surface area contributed by atoms with Crippen LogP contribution in [-0.4, -0.2) is 9.99 Å². The first kappa shape index (κ1) is 15.6. The van der Waals surface area contributed by atoms with E-state index in [0.29, 0.717) is 27.5 Å². The Morgan fingerprint density at radius 3 is 2.50 bits per heavy atom. The highest BCUT2D eigenvalue weighted by molar-refractivity contribution is 7.85. The number of furan rings is 1. The SMILES string of the molecule is Cc1ccc(S(=O)c2ccoc2C(=O)[C@H]2[C@H](C)[C@@H]3C=C[C@H]2C3)cc1. The Balaban J connectivity index is 1.65. The van der Waals surface area contributed by atoms with Crippen LogP contribution in [0.4, 0.5) is 0 Å². The monoisotopic (exact) mass is 340 g/mol. The van der Waals surface area contributed by atoms with Crippen LogP contribution in [0, 0.1) is 30.6 Å². The van der Waals surface area contributed by atoms with Crippen molar-refractivity contribution in [1.82, 2.24) is 0 Å². The number of carbonyl (C=O) groups is 1. The zero-order valence-electron chi connectivity index (χ0n) is 13.8. The van der Waals surface area contributed by atoms with E-state index in [1.807, 2.05) is 31.2 Å². The third kappa shape index (κ3) is 2.40. The van der Waals surface area contributed by atoms with Gasteiger partial charge in [-0.1, -0.05) is 36.8 Å². The largest absolute Gasteiger partial charge is 0.460 e. The van der Waals surface area contributed by atoms with E-state index in [1.165, 1.54) is 6.26 Å². The smallest absolute Gasteiger partial charge is 0.203 e. The minimum Gasteiger partial charge on any atom is -0.460 e. The molecule has 1 unspecified atom stereocenters. The Morgan fingerprint density at radius 1 is 1.12 bits per heavy atom. The first-order valence-corrected chi connectivity index (χ1v) is 9.49. The minimum atomic E-state index is -1.40. The lowest BCUT2D eigenvalue weighted by molar-refractivity contribution is 0.0832. The van der Waals surface area contributed by atoms with Crippen molar-refractivity contribution in [3.63, 3.8) is 0 Å². The molecule has 124 valence electrons. The van der Waals surface area contributed by atoms with E-state index >= 15 is 0 Å². The number of allylic oxidation sites excluding steroid dienone is 2. The van der Waals surface area contributed by atoms with Crippen molar-refractivity contribution in [3.05, 3.63) is 60.1 Å². The maximum absolute atomic E-state index is 13.1. The highest BCUT2D eigenvalue weighted by atomic mass is 32.2. The van der Waals surface area contributed by atoms with Gasteiger partial charge in [-0.05, 0) is 49.3 Å². The van der Waals surface area contributed by atoms with E-state index < -0.39 is 10.8 Å². The molecule has 0 radical (unpaired) electrons. The molecule has 24 heavy (non-hydrogen) atoms. The minimum absolute atomic E-state index is 0.000174. The lowest BCUT2D eigenvalue weighted by Crippen LogP contribution is -2.26. The lowest BCUT2D eigenvalue weighted by atomic mass is 9.81. The molecule has 2 bridgehead atoms. The highest BCUT2D eigenvalue weighted by Gasteiger charge is 2.47. The zero-order chi connectivity index (χ0) is 16.8. The number of carbonyl (C=O) groups excluding carboxylic acids is 1. The molecule has 0 aliphatic heterocycles. The summed E-state index contributed by atoms with van der Waals surface area (Å²) >= 11 is 0. The van der Waals surface area contributed by atoms with Gasteiger partial charge < -0.3 is 4.42 Å². The molecule has 0 N–H and O–H groups in total. The van der Waals surface area contributed by atoms with Crippen LogP contribution in [0.25, 0.3) is 0 Å². The molecular formula is C20H20O3S. The Morgan fingerprint density at radius 2 is 1.83 bits per heavy atom. The van der Waals surface area contributed by atoms with Crippen molar-refractivity contribution in [1.29, 1.82) is 0 Å². The molecule has 1 aromatic heterocycles. The van der Waals surface area contributed by atoms with Gasteiger partial charge in [-0.2, -0.15) is 0 Å². The van der Waals surface area contributed by atoms with Gasteiger partial charge in [-0.25, -0.2) is 4.21 Å². The summed E-state index contributed by atoms with van der Waals surface area (Å²) in [5, 5.41) is 0. The molecule has 2 aliphatic rings. The summed E-state index contributed by atoms with van der Waals surface area (Å²) < 4.78 is 18.4. The first-order valence-electron chi connectivity index (χ1n) is 8.34. The van der Waals surface area contributed by atoms with Gasteiger partial charge >= 0.3 is 0 Å². The van der Waals surface area contributed by atoms with E-state index in [0.717, 1.165) is 12.0 Å². The Kier molecular flexibility index (Phi) is 3.80. The number of rotatable bonds is 4. The predicted molar refractivity (Wildman–Crippen MR) is 92.3 cm³/mol. The van der Waals surface area contributed by atoms with Crippen molar-refractivity contribution in [2.45, 2.75) is 30.1 Å². The Bertz CT molecular complexity index is 831. The quantitative estimate of drug-likeness (QED) is 0.612. The van der Waals surface area contributed by atoms with E-state index in [4.69, 9.17) is 4.42 Å². The fourth-order valence-electron chi connectivity index (χ4n) is 4.07. The molecule has 1 saturated carbocycles. The van der Waals surface area contributed by atoms with Gasteiger partial charge in [-0.3, -0.25) is 4.79 Å². The second kappa shape index (κ2) is 5.85. The van der Waals surface area contributed by atoms with Crippen molar-refractivity contribution < 1.29 is 13.4 Å². The highest BCUT2D eigenvalue weighted by Crippen LogP contribution is 2.49. The van der Waals surface area contributed by atoms with Gasteiger partial charge in [0.1, 0.15) is 0 Å². The number of benzene rings is 1. The number of hydrogen-bond donors (Lipinski definition) is 0. The fraction of sp³-hybridized carbons (Fsp3) is 0.350. The molecule has 5 atom stereocenters. The Labute approximate surface area is 144 Å². The summed E-state index contributed by atoms with van der Waals surface area (Å²) in [6, 6.07) is 9.21. The summed E-state index contributed by atoms with van der Waals surface area (Å²) in [5.41, 5.74) is 1.11. The number of aryl methyl sites for hydroxylation is 1. The van der Waals surface area contributed by atoms with E-state index in [-0.39, 0.29) is 17.5 Å². The zero-order valence-corrected chi connectivity index (χ0v) is 14.6. The number of fused-ring (bicyclic) bond motifs is 2. The average Bonchev–Trinajstić information content (AvgIpc) is 3.30. The predicted octanol–water partition coefficient (Wildman–Crippen LogP) is 4.40. The molecule has 4 rings (SSSR count). The molecule has 1 heterocycles. The van der Waals surface area contributed by atoms with Crippen LogP contribution >= 0.6 is 0 Å². The van der Waals surface area contributed by atoms with Gasteiger partial charge in [-0.15, -0.1) is 0 Å². The number of hydrogen-bond acceptors (Lipinski definition) is 3. The average molecular weight is 340 g/mol. The summed E-state index contributed by atoms with van der Waals surface area (Å²) in [6.07, 6.45) is 6.91. The van der Waals surface area contributed by atoms with Crippen LogP contribution in [0.5, 0.6) is 0 Å². The van der Waals surface area contributed by atoms with Gasteiger partial charge in [0.2, 0.25) is 5.78 Å². The van der Waals surface area contributed by atoms with E-state index in [9.17, 15) is 9.00 Å². The van der Waals surface area contributed by atoms with Gasteiger partial charge in [0.25, 0.3) is 0 Å². The maximum Gasteiger partial charge on any atom is 0.203 e. The number of Topliss-reactive ketones (excluding diaryl/α,β-unsaturated/α-hetero) is 1. The molecule has 0 saturated heterocycles. The second-order valence-corrected chi connectivity index (χ2v) is 8.34. The standard InChI is InChI=1S/C20H20O3S/c1-12-3-7-16(8-4-12)24(22)17-9-10-23-20(17)19(21)18-13(2)14-5-6-15(18)11-14/h3-10,13-15,18H,11H2,1-2H3/t13-,14-,15+,18+,24?/m1/s1. The third-order valence-corrected chi connectivity index (χ3v) is 6.86. The Hall–Kier alpha value is -1.94. The van der Waals surface area contributed by atoms with E-state index in [1.54, 1.807) is 6.07 Å². The second-order valence-electron chi connectivity index (χ2n) is 6.89. The first-order chi connectivity index (χ1) is 11.6. The van der Waals surface area contributed by atoms with Crippen LogP contribution in [0.3, 0.4) is 0 Å². The molecule has 3 nitrogen and oxygen atoms in total. The molecule has 2 aromatic rings. The molecule has 1 aromatic carbocycles. The van der Waals surface area contributed by atoms with Crippen LogP contribution in [0.1, 0.15) is 29.5 Å². The van der Waals surface area contributed by atoms with Crippen LogP contribution in [0.2, 0.25) is 0 Å². The molecule has 2 aliphatic carbocycles. The summed E-state index contributed by atoms with van der Waals surface area (Å²) in [6.45, 7) is 4.12. The molecule has 0 spiro atoms. The van der Waals surface area contributed by atoms with Crippen molar-refractivity contribution >= 4 is 16.6 Å². The summed E-state index contributed by atoms with van der Waals surface area (Å²) in [5.74, 6) is 1.32. The topological polar surface area (TPSA) is 47.3 Å². The molecule has 4 heteroatoms. The van der Waals surface area contributed by atoms with Gasteiger partial charge in [0.15, 0.2) is 5.76 Å². The van der Waals surface area contributed by atoms with Crippen molar-refractivity contribution in [3.8, 4) is 0 Å².